The lowest BCUT2D eigenvalue weighted by Gasteiger charge is -2.19. The maximum atomic E-state index is 9.26. The van der Waals surface area contributed by atoms with E-state index in [-0.39, 0.29) is 6.10 Å². The second-order valence-electron chi connectivity index (χ2n) is 4.27. The molecule has 96 valence electrons. The number of aliphatic hydroxyl groups excluding tert-OH is 1. The van der Waals surface area contributed by atoms with Crippen LogP contribution in [0.15, 0.2) is 6.07 Å². The van der Waals surface area contributed by atoms with Crippen LogP contribution in [0, 0.1) is 0 Å². The summed E-state index contributed by atoms with van der Waals surface area (Å²) in [5.41, 5.74) is 0. The summed E-state index contributed by atoms with van der Waals surface area (Å²) < 4.78 is 0. The highest BCUT2D eigenvalue weighted by molar-refractivity contribution is 6.29. The van der Waals surface area contributed by atoms with Crippen molar-refractivity contribution < 1.29 is 5.11 Å². The molecule has 0 saturated heterocycles. The first-order valence-corrected chi connectivity index (χ1v) is 6.33. The summed E-state index contributed by atoms with van der Waals surface area (Å²) in [5, 5.41) is 9.73. The SMILES string of the molecule is CCCc1nc(Cl)cc(N(C)CCC(C)O)n1. The third-order valence-corrected chi connectivity index (χ3v) is 2.67. The van der Waals surface area contributed by atoms with E-state index in [9.17, 15) is 5.11 Å². The topological polar surface area (TPSA) is 49.2 Å². The molecule has 1 heterocycles. The number of hydrogen-bond acceptors (Lipinski definition) is 4. The number of aliphatic hydroxyl groups is 1. The summed E-state index contributed by atoms with van der Waals surface area (Å²) in [7, 11) is 1.94. The van der Waals surface area contributed by atoms with Crippen LogP contribution in [-0.2, 0) is 6.42 Å². The minimum Gasteiger partial charge on any atom is -0.393 e. The van der Waals surface area contributed by atoms with Crippen LogP contribution in [0.5, 0.6) is 0 Å². The van der Waals surface area contributed by atoms with Crippen LogP contribution in [0.4, 0.5) is 5.82 Å². The molecule has 1 rings (SSSR count). The Kier molecular flexibility index (Phi) is 5.65. The molecule has 1 aromatic rings. The van der Waals surface area contributed by atoms with Crippen molar-refractivity contribution in [3.05, 3.63) is 17.0 Å². The minimum atomic E-state index is -0.301. The number of aromatic nitrogens is 2. The Hall–Kier alpha value is -0.870. The van der Waals surface area contributed by atoms with Crippen LogP contribution < -0.4 is 4.90 Å². The fourth-order valence-corrected chi connectivity index (χ4v) is 1.67. The predicted molar refractivity (Wildman–Crippen MR) is 70.6 cm³/mol. The molecule has 0 radical (unpaired) electrons. The van der Waals surface area contributed by atoms with Gasteiger partial charge >= 0.3 is 0 Å². The van der Waals surface area contributed by atoms with Gasteiger partial charge in [0.25, 0.3) is 0 Å². The summed E-state index contributed by atoms with van der Waals surface area (Å²) in [4.78, 5) is 10.6. The van der Waals surface area contributed by atoms with E-state index in [2.05, 4.69) is 16.9 Å². The van der Waals surface area contributed by atoms with Gasteiger partial charge in [0, 0.05) is 26.1 Å². The molecule has 0 amide bonds. The van der Waals surface area contributed by atoms with Crippen molar-refractivity contribution in [2.45, 2.75) is 39.2 Å². The number of rotatable bonds is 6. The van der Waals surface area contributed by atoms with Crippen molar-refractivity contribution in [1.82, 2.24) is 9.97 Å². The normalized spacial score (nSPS) is 12.5. The number of anilines is 1. The van der Waals surface area contributed by atoms with Crippen LogP contribution in [0.1, 0.15) is 32.5 Å². The van der Waals surface area contributed by atoms with Crippen molar-refractivity contribution in [3.63, 3.8) is 0 Å². The Bertz CT molecular complexity index is 358. The van der Waals surface area contributed by atoms with Crippen molar-refractivity contribution >= 4 is 17.4 Å². The molecule has 0 aromatic carbocycles. The van der Waals surface area contributed by atoms with E-state index in [0.717, 1.165) is 31.0 Å². The van der Waals surface area contributed by atoms with E-state index in [1.165, 1.54) is 0 Å². The van der Waals surface area contributed by atoms with E-state index in [1.807, 2.05) is 11.9 Å². The molecule has 0 bridgehead atoms. The van der Waals surface area contributed by atoms with Gasteiger partial charge in [-0.2, -0.15) is 0 Å². The summed E-state index contributed by atoms with van der Waals surface area (Å²) in [6.07, 6.45) is 2.24. The maximum absolute atomic E-state index is 9.26. The second kappa shape index (κ2) is 6.77. The largest absolute Gasteiger partial charge is 0.393 e. The molecule has 1 N–H and O–H groups in total. The molecule has 0 aliphatic rings. The standard InChI is InChI=1S/C12H20ClN3O/c1-4-5-11-14-10(13)8-12(15-11)16(3)7-6-9(2)17/h8-9,17H,4-7H2,1-3H3. The van der Waals surface area contributed by atoms with E-state index < -0.39 is 0 Å². The Morgan fingerprint density at radius 3 is 2.76 bits per heavy atom. The first kappa shape index (κ1) is 14.2. The number of hydrogen-bond donors (Lipinski definition) is 1. The molecule has 1 unspecified atom stereocenters. The first-order chi connectivity index (χ1) is 8.02. The summed E-state index contributed by atoms with van der Waals surface area (Å²) >= 11 is 5.97. The van der Waals surface area contributed by atoms with E-state index in [4.69, 9.17) is 11.6 Å². The Balaban J connectivity index is 2.74. The summed E-state index contributed by atoms with van der Waals surface area (Å²) in [5.74, 6) is 1.59. The lowest BCUT2D eigenvalue weighted by atomic mass is 10.3. The average molecular weight is 258 g/mol. The van der Waals surface area contributed by atoms with Gasteiger partial charge in [-0.3, -0.25) is 0 Å². The van der Waals surface area contributed by atoms with E-state index >= 15 is 0 Å². The van der Waals surface area contributed by atoms with Gasteiger partial charge in [-0.1, -0.05) is 18.5 Å². The molecule has 1 atom stereocenters. The number of aryl methyl sites for hydroxylation is 1. The Morgan fingerprint density at radius 1 is 1.47 bits per heavy atom. The smallest absolute Gasteiger partial charge is 0.134 e. The molecule has 0 spiro atoms. The lowest BCUT2D eigenvalue weighted by molar-refractivity contribution is 0.187. The van der Waals surface area contributed by atoms with Gasteiger partial charge < -0.3 is 10.0 Å². The van der Waals surface area contributed by atoms with Gasteiger partial charge in [-0.05, 0) is 19.8 Å². The van der Waals surface area contributed by atoms with Crippen molar-refractivity contribution in [2.75, 3.05) is 18.5 Å². The highest BCUT2D eigenvalue weighted by Crippen LogP contribution is 2.16. The summed E-state index contributed by atoms with van der Waals surface area (Å²) in [6.45, 7) is 4.61. The third-order valence-electron chi connectivity index (χ3n) is 2.47. The Labute approximate surface area is 108 Å². The van der Waals surface area contributed by atoms with Gasteiger partial charge in [0.05, 0.1) is 6.10 Å². The lowest BCUT2D eigenvalue weighted by Crippen LogP contribution is -2.23. The van der Waals surface area contributed by atoms with Crippen LogP contribution in [0.2, 0.25) is 5.15 Å². The fourth-order valence-electron chi connectivity index (χ4n) is 1.48. The summed E-state index contributed by atoms with van der Waals surface area (Å²) in [6, 6.07) is 1.75. The molecule has 0 aliphatic heterocycles. The van der Waals surface area contributed by atoms with Crippen LogP contribution in [0.25, 0.3) is 0 Å². The minimum absolute atomic E-state index is 0.301. The monoisotopic (exact) mass is 257 g/mol. The van der Waals surface area contributed by atoms with E-state index in [0.29, 0.717) is 11.6 Å². The molecule has 1 aromatic heterocycles. The van der Waals surface area contributed by atoms with Crippen molar-refractivity contribution in [1.29, 1.82) is 0 Å². The van der Waals surface area contributed by atoms with Crippen LogP contribution in [-0.4, -0.2) is 34.8 Å². The quantitative estimate of drug-likeness (QED) is 0.795. The van der Waals surface area contributed by atoms with Crippen LogP contribution in [0.3, 0.4) is 0 Å². The van der Waals surface area contributed by atoms with Gasteiger partial charge in [-0.15, -0.1) is 0 Å². The van der Waals surface area contributed by atoms with Gasteiger partial charge in [0.15, 0.2) is 0 Å². The molecule has 5 heteroatoms. The second-order valence-corrected chi connectivity index (χ2v) is 4.66. The Morgan fingerprint density at radius 2 is 2.18 bits per heavy atom. The van der Waals surface area contributed by atoms with E-state index in [1.54, 1.807) is 13.0 Å². The maximum Gasteiger partial charge on any atom is 0.134 e. The number of halogens is 1. The zero-order valence-corrected chi connectivity index (χ0v) is 11.4. The molecule has 17 heavy (non-hydrogen) atoms. The highest BCUT2D eigenvalue weighted by Gasteiger charge is 2.08. The third kappa shape index (κ3) is 4.88. The van der Waals surface area contributed by atoms with Crippen LogP contribution >= 0.6 is 11.6 Å². The zero-order chi connectivity index (χ0) is 12.8. The molecule has 0 aliphatic carbocycles. The van der Waals surface area contributed by atoms with Gasteiger partial charge in [0.2, 0.25) is 0 Å². The predicted octanol–water partition coefficient (Wildman–Crippen LogP) is 2.29. The molecule has 4 nitrogen and oxygen atoms in total. The van der Waals surface area contributed by atoms with Crippen molar-refractivity contribution in [3.8, 4) is 0 Å². The molecular weight excluding hydrogens is 238 g/mol. The molecular formula is C12H20ClN3O. The highest BCUT2D eigenvalue weighted by atomic mass is 35.5. The average Bonchev–Trinajstić information content (AvgIpc) is 2.25. The van der Waals surface area contributed by atoms with Gasteiger partial charge in [-0.25, -0.2) is 9.97 Å². The van der Waals surface area contributed by atoms with Crippen molar-refractivity contribution in [2.24, 2.45) is 0 Å². The number of nitrogens with zero attached hydrogens (tertiary/aromatic N) is 3. The fraction of sp³-hybridized carbons (Fsp3) is 0.667. The molecule has 0 saturated carbocycles. The first-order valence-electron chi connectivity index (χ1n) is 5.95. The molecule has 0 fully saturated rings. The zero-order valence-electron chi connectivity index (χ0n) is 10.6. The van der Waals surface area contributed by atoms with Gasteiger partial charge in [0.1, 0.15) is 16.8 Å².